The maximum Gasteiger partial charge on any atom is 0.292 e. The van der Waals surface area contributed by atoms with Crippen LogP contribution in [0.3, 0.4) is 0 Å². The highest BCUT2D eigenvalue weighted by molar-refractivity contribution is 7.98. The molecule has 1 atom stereocenters. The Morgan fingerprint density at radius 2 is 2.04 bits per heavy atom. The molecule has 0 bridgehead atoms. The second-order valence-corrected chi connectivity index (χ2v) is 8.12. The molecule has 2 aromatic heterocycles. The summed E-state index contributed by atoms with van der Waals surface area (Å²) in [6.45, 7) is 2.57. The predicted molar refractivity (Wildman–Crippen MR) is 112 cm³/mol. The van der Waals surface area contributed by atoms with Crippen molar-refractivity contribution in [2.75, 3.05) is 19.9 Å². The van der Waals surface area contributed by atoms with Crippen LogP contribution in [0.15, 0.2) is 23.4 Å². The Morgan fingerprint density at radius 1 is 1.32 bits per heavy atom. The van der Waals surface area contributed by atoms with Crippen LogP contribution in [0.2, 0.25) is 10.0 Å². The summed E-state index contributed by atoms with van der Waals surface area (Å²) in [5, 5.41) is 2.06. The number of benzene rings is 1. The van der Waals surface area contributed by atoms with Gasteiger partial charge in [-0.25, -0.2) is 9.97 Å². The minimum atomic E-state index is -0.208. The van der Waals surface area contributed by atoms with Crippen molar-refractivity contribution in [3.63, 3.8) is 0 Å². The van der Waals surface area contributed by atoms with E-state index >= 15 is 0 Å². The van der Waals surface area contributed by atoms with Gasteiger partial charge in [-0.3, -0.25) is 4.79 Å². The molecule has 6 nitrogen and oxygen atoms in total. The molecule has 1 aliphatic rings. The Morgan fingerprint density at radius 3 is 2.68 bits per heavy atom. The molecule has 0 aliphatic carbocycles. The Bertz CT molecular complexity index is 1070. The van der Waals surface area contributed by atoms with Gasteiger partial charge in [0.2, 0.25) is 5.82 Å². The average Bonchev–Trinajstić information content (AvgIpc) is 3.10. The van der Waals surface area contributed by atoms with Crippen molar-refractivity contribution < 1.29 is 9.53 Å². The molecule has 1 N–H and O–H groups in total. The van der Waals surface area contributed by atoms with E-state index in [1.807, 2.05) is 19.2 Å². The van der Waals surface area contributed by atoms with Crippen LogP contribution in [-0.2, 0) is 6.42 Å². The number of thioether (sulfide) groups is 1. The molecule has 1 aromatic carbocycles. The number of aromatic amines is 1. The number of nitrogens with zero attached hydrogens (tertiary/aromatic N) is 3. The first-order valence-corrected chi connectivity index (χ1v) is 10.7. The number of ether oxygens (including phenoxy) is 1. The largest absolute Gasteiger partial charge is 0.494 e. The third kappa shape index (κ3) is 3.02. The SMILES string of the molecule is COc1cnc(C(=O)N2CCc3[nH]c4c(Cl)c(Cl)c(SC)cc4c3C2C)nc1. The molecule has 0 saturated heterocycles. The summed E-state index contributed by atoms with van der Waals surface area (Å²) in [6, 6.07) is 1.89. The van der Waals surface area contributed by atoms with E-state index in [2.05, 4.69) is 15.0 Å². The number of methoxy groups -OCH3 is 1. The quantitative estimate of drug-likeness (QED) is 0.599. The van der Waals surface area contributed by atoms with E-state index in [-0.39, 0.29) is 17.8 Å². The van der Waals surface area contributed by atoms with Crippen molar-refractivity contribution >= 4 is 51.8 Å². The molecule has 0 saturated carbocycles. The Balaban J connectivity index is 1.75. The van der Waals surface area contributed by atoms with Gasteiger partial charge in [0.15, 0.2) is 5.75 Å². The van der Waals surface area contributed by atoms with E-state index in [0.717, 1.165) is 27.1 Å². The number of H-pyrrole nitrogens is 1. The molecule has 146 valence electrons. The molecule has 1 amide bonds. The van der Waals surface area contributed by atoms with E-state index in [4.69, 9.17) is 27.9 Å². The molecule has 0 fully saturated rings. The van der Waals surface area contributed by atoms with E-state index in [1.54, 1.807) is 16.7 Å². The molecule has 0 radical (unpaired) electrons. The Labute approximate surface area is 176 Å². The zero-order chi connectivity index (χ0) is 20.0. The summed E-state index contributed by atoms with van der Waals surface area (Å²) < 4.78 is 5.06. The lowest BCUT2D eigenvalue weighted by Gasteiger charge is -2.33. The summed E-state index contributed by atoms with van der Waals surface area (Å²) in [5.74, 6) is 0.459. The number of carbonyl (C=O) groups excluding carboxylic acids is 1. The van der Waals surface area contributed by atoms with Crippen molar-refractivity contribution in [2.45, 2.75) is 24.3 Å². The predicted octanol–water partition coefficient (Wildman–Crippen LogP) is 4.75. The first-order valence-electron chi connectivity index (χ1n) is 8.69. The summed E-state index contributed by atoms with van der Waals surface area (Å²) in [4.78, 5) is 27.4. The number of rotatable bonds is 3. The van der Waals surface area contributed by atoms with E-state index in [1.165, 1.54) is 19.5 Å². The number of nitrogens with one attached hydrogen (secondary N) is 1. The molecule has 3 heterocycles. The van der Waals surface area contributed by atoms with Crippen molar-refractivity contribution in [1.82, 2.24) is 19.9 Å². The highest BCUT2D eigenvalue weighted by atomic mass is 35.5. The van der Waals surface area contributed by atoms with Crippen molar-refractivity contribution in [3.8, 4) is 5.75 Å². The molecular formula is C19H18Cl2N4O2S. The van der Waals surface area contributed by atoms with Gasteiger partial charge in [0.05, 0.1) is 41.1 Å². The van der Waals surface area contributed by atoms with Crippen LogP contribution in [0.5, 0.6) is 5.75 Å². The summed E-state index contributed by atoms with van der Waals surface area (Å²) in [7, 11) is 1.53. The maximum absolute atomic E-state index is 13.0. The van der Waals surface area contributed by atoms with Crippen LogP contribution in [0.25, 0.3) is 10.9 Å². The van der Waals surface area contributed by atoms with Gasteiger partial charge < -0.3 is 14.6 Å². The number of amides is 1. The molecule has 0 spiro atoms. The minimum absolute atomic E-state index is 0.150. The lowest BCUT2D eigenvalue weighted by Crippen LogP contribution is -2.39. The van der Waals surface area contributed by atoms with Gasteiger partial charge in [-0.1, -0.05) is 23.2 Å². The second-order valence-electron chi connectivity index (χ2n) is 6.52. The number of carbonyl (C=O) groups is 1. The van der Waals surface area contributed by atoms with Crippen LogP contribution in [0.1, 0.15) is 34.8 Å². The van der Waals surface area contributed by atoms with E-state index < -0.39 is 0 Å². The summed E-state index contributed by atoms with van der Waals surface area (Å²) >= 11 is 14.4. The lowest BCUT2D eigenvalue weighted by molar-refractivity contribution is 0.0665. The van der Waals surface area contributed by atoms with Crippen LogP contribution in [0, 0.1) is 0 Å². The molecule has 4 rings (SSSR count). The monoisotopic (exact) mass is 436 g/mol. The van der Waals surface area contributed by atoms with Crippen LogP contribution >= 0.6 is 35.0 Å². The van der Waals surface area contributed by atoms with Gasteiger partial charge in [0.1, 0.15) is 0 Å². The highest BCUT2D eigenvalue weighted by Gasteiger charge is 2.33. The lowest BCUT2D eigenvalue weighted by atomic mass is 9.97. The summed E-state index contributed by atoms with van der Waals surface area (Å²) in [6.07, 6.45) is 5.65. The fraction of sp³-hybridized carbons (Fsp3) is 0.316. The molecule has 9 heteroatoms. The topological polar surface area (TPSA) is 71.1 Å². The Kier molecular flexibility index (Phi) is 5.16. The first kappa shape index (κ1) is 19.4. The van der Waals surface area contributed by atoms with Gasteiger partial charge in [0.25, 0.3) is 5.91 Å². The van der Waals surface area contributed by atoms with E-state index in [9.17, 15) is 4.79 Å². The molecule has 28 heavy (non-hydrogen) atoms. The maximum atomic E-state index is 13.0. The Hall–Kier alpha value is -1.96. The second kappa shape index (κ2) is 7.46. The highest BCUT2D eigenvalue weighted by Crippen LogP contribution is 2.43. The number of hydrogen-bond acceptors (Lipinski definition) is 5. The molecule has 1 unspecified atom stereocenters. The van der Waals surface area contributed by atoms with Gasteiger partial charge in [-0.05, 0) is 19.2 Å². The normalized spacial score (nSPS) is 16.3. The zero-order valence-electron chi connectivity index (χ0n) is 15.5. The molecule has 3 aromatic rings. The number of fused-ring (bicyclic) bond motifs is 3. The standard InChI is InChI=1S/C19H18Cl2N4O2S/c1-9-14-11-6-13(28-3)15(20)16(21)17(11)24-12(14)4-5-25(9)19(26)18-22-7-10(27-2)8-23-18/h6-9,24H,4-5H2,1-3H3. The van der Waals surface area contributed by atoms with Crippen molar-refractivity contribution in [1.29, 1.82) is 0 Å². The minimum Gasteiger partial charge on any atom is -0.494 e. The van der Waals surface area contributed by atoms with Gasteiger partial charge >= 0.3 is 0 Å². The molecule has 1 aliphatic heterocycles. The van der Waals surface area contributed by atoms with Gasteiger partial charge in [-0.2, -0.15) is 0 Å². The van der Waals surface area contributed by atoms with Crippen molar-refractivity contribution in [2.24, 2.45) is 0 Å². The fourth-order valence-corrected chi connectivity index (χ4v) is 4.87. The third-order valence-electron chi connectivity index (χ3n) is 5.09. The fourth-order valence-electron chi connectivity index (χ4n) is 3.66. The smallest absolute Gasteiger partial charge is 0.292 e. The third-order valence-corrected chi connectivity index (χ3v) is 6.83. The van der Waals surface area contributed by atoms with Gasteiger partial charge in [0, 0.05) is 34.5 Å². The number of hydrogen-bond donors (Lipinski definition) is 1. The van der Waals surface area contributed by atoms with Crippen LogP contribution in [-0.4, -0.2) is 45.7 Å². The number of aromatic nitrogens is 3. The van der Waals surface area contributed by atoms with E-state index in [0.29, 0.717) is 28.8 Å². The van der Waals surface area contributed by atoms with Crippen LogP contribution < -0.4 is 4.74 Å². The first-order chi connectivity index (χ1) is 13.5. The van der Waals surface area contributed by atoms with Gasteiger partial charge in [-0.15, -0.1) is 11.8 Å². The van der Waals surface area contributed by atoms with Crippen LogP contribution in [0.4, 0.5) is 0 Å². The number of halogens is 2. The zero-order valence-corrected chi connectivity index (χ0v) is 17.9. The molecular weight excluding hydrogens is 419 g/mol. The summed E-state index contributed by atoms with van der Waals surface area (Å²) in [5.41, 5.74) is 2.96. The average molecular weight is 437 g/mol. The van der Waals surface area contributed by atoms with Crippen molar-refractivity contribution in [3.05, 3.63) is 45.6 Å².